The highest BCUT2D eigenvalue weighted by Crippen LogP contribution is 2.33. The molecule has 0 aliphatic heterocycles. The number of esters is 1. The summed E-state index contributed by atoms with van der Waals surface area (Å²) in [6.45, 7) is 7.49. The Bertz CT molecular complexity index is 983. The molecule has 0 aliphatic rings. The van der Waals surface area contributed by atoms with E-state index in [1.807, 2.05) is 26.0 Å². The number of nitrogens with zero attached hydrogens (tertiary/aromatic N) is 1. The summed E-state index contributed by atoms with van der Waals surface area (Å²) in [5.41, 5.74) is 2.63. The summed E-state index contributed by atoms with van der Waals surface area (Å²) >= 11 is 1.28. The number of hydrogen-bond acceptors (Lipinski definition) is 6. The molecule has 1 aromatic heterocycles. The molecule has 0 saturated carbocycles. The smallest absolute Gasteiger partial charge is 0.341 e. The van der Waals surface area contributed by atoms with Crippen molar-refractivity contribution >= 4 is 34.3 Å². The molecule has 0 spiro atoms. The van der Waals surface area contributed by atoms with Crippen LogP contribution in [0.25, 0.3) is 6.08 Å². The lowest BCUT2D eigenvalue weighted by molar-refractivity contribution is -0.112. The van der Waals surface area contributed by atoms with Gasteiger partial charge in [-0.2, -0.15) is 5.26 Å². The van der Waals surface area contributed by atoms with Gasteiger partial charge in [0.1, 0.15) is 22.4 Å². The number of carbonyl (C=O) groups is 2. The average molecular weight is 398 g/mol. The largest absolute Gasteiger partial charge is 0.497 e. The Kier molecular flexibility index (Phi) is 6.96. The van der Waals surface area contributed by atoms with Crippen LogP contribution in [0.1, 0.15) is 38.8 Å². The molecule has 1 heterocycles. The molecular formula is C21H22N2O4S. The molecule has 0 bridgehead atoms. The van der Waals surface area contributed by atoms with E-state index in [-0.39, 0.29) is 12.2 Å². The molecule has 0 radical (unpaired) electrons. The summed E-state index contributed by atoms with van der Waals surface area (Å²) in [6, 6.07) is 7.29. The molecule has 2 aromatic rings. The number of methoxy groups -OCH3 is 1. The van der Waals surface area contributed by atoms with Crippen molar-refractivity contribution in [1.29, 1.82) is 5.26 Å². The molecule has 0 atom stereocenters. The van der Waals surface area contributed by atoms with E-state index in [1.165, 1.54) is 17.4 Å². The lowest BCUT2D eigenvalue weighted by Crippen LogP contribution is -2.16. The minimum absolute atomic E-state index is 0.0632. The van der Waals surface area contributed by atoms with Gasteiger partial charge in [0.15, 0.2) is 0 Å². The summed E-state index contributed by atoms with van der Waals surface area (Å²) in [6.07, 6.45) is 1.52. The lowest BCUT2D eigenvalue weighted by atomic mass is 10.1. The molecule has 0 saturated heterocycles. The number of hydrogen-bond donors (Lipinski definition) is 1. The second kappa shape index (κ2) is 9.20. The first-order valence-electron chi connectivity index (χ1n) is 8.67. The molecular weight excluding hydrogens is 376 g/mol. The van der Waals surface area contributed by atoms with Gasteiger partial charge in [-0.25, -0.2) is 4.79 Å². The van der Waals surface area contributed by atoms with Crippen molar-refractivity contribution in [2.45, 2.75) is 27.7 Å². The zero-order valence-electron chi connectivity index (χ0n) is 16.5. The van der Waals surface area contributed by atoms with Crippen LogP contribution in [0.3, 0.4) is 0 Å². The van der Waals surface area contributed by atoms with Gasteiger partial charge in [-0.1, -0.05) is 6.07 Å². The van der Waals surface area contributed by atoms with Crippen LogP contribution >= 0.6 is 11.3 Å². The van der Waals surface area contributed by atoms with Crippen LogP contribution in [0.2, 0.25) is 0 Å². The number of carbonyl (C=O) groups excluding carboxylic acids is 2. The predicted octanol–water partition coefficient (Wildman–Crippen LogP) is 4.40. The Morgan fingerprint density at radius 3 is 2.57 bits per heavy atom. The SMILES string of the molecule is CCOC(=O)c1c(NC(=O)/C(C#N)=C/c2ccc(OC)cc2C)sc(C)c1C. The highest BCUT2D eigenvalue weighted by atomic mass is 32.1. The van der Waals surface area contributed by atoms with Crippen LogP contribution < -0.4 is 10.1 Å². The van der Waals surface area contributed by atoms with Crippen molar-refractivity contribution < 1.29 is 19.1 Å². The van der Waals surface area contributed by atoms with Gasteiger partial charge in [-0.3, -0.25) is 4.79 Å². The monoisotopic (exact) mass is 398 g/mol. The minimum Gasteiger partial charge on any atom is -0.497 e. The summed E-state index contributed by atoms with van der Waals surface area (Å²) in [7, 11) is 1.57. The minimum atomic E-state index is -0.579. The number of benzene rings is 1. The first kappa shape index (κ1) is 21.2. The Morgan fingerprint density at radius 1 is 1.29 bits per heavy atom. The average Bonchev–Trinajstić information content (AvgIpc) is 2.94. The van der Waals surface area contributed by atoms with Crippen molar-refractivity contribution in [3.05, 3.63) is 50.9 Å². The Balaban J connectivity index is 2.34. The Hall–Kier alpha value is -3.11. The molecule has 28 heavy (non-hydrogen) atoms. The maximum Gasteiger partial charge on any atom is 0.341 e. The van der Waals surface area contributed by atoms with E-state index in [1.54, 1.807) is 33.1 Å². The van der Waals surface area contributed by atoms with E-state index in [4.69, 9.17) is 9.47 Å². The fourth-order valence-electron chi connectivity index (χ4n) is 2.58. The number of ether oxygens (including phenoxy) is 2. The van der Waals surface area contributed by atoms with Crippen molar-refractivity contribution in [3.63, 3.8) is 0 Å². The molecule has 0 fully saturated rings. The maximum absolute atomic E-state index is 12.7. The van der Waals surface area contributed by atoms with Crippen LogP contribution in [-0.2, 0) is 9.53 Å². The highest BCUT2D eigenvalue weighted by Gasteiger charge is 2.23. The van der Waals surface area contributed by atoms with Gasteiger partial charge in [0.05, 0.1) is 19.3 Å². The number of amides is 1. The topological polar surface area (TPSA) is 88.4 Å². The van der Waals surface area contributed by atoms with Gasteiger partial charge in [0, 0.05) is 4.88 Å². The van der Waals surface area contributed by atoms with E-state index in [0.717, 1.165) is 21.6 Å². The molecule has 0 unspecified atom stereocenters. The van der Waals surface area contributed by atoms with E-state index in [2.05, 4.69) is 5.32 Å². The second-order valence-corrected chi connectivity index (χ2v) is 7.28. The number of nitrogens with one attached hydrogen (secondary N) is 1. The zero-order chi connectivity index (χ0) is 20.8. The summed E-state index contributed by atoms with van der Waals surface area (Å²) in [5, 5.41) is 12.5. The van der Waals surface area contributed by atoms with E-state index < -0.39 is 11.9 Å². The van der Waals surface area contributed by atoms with Crippen LogP contribution in [0.15, 0.2) is 23.8 Å². The third-order valence-corrected chi connectivity index (χ3v) is 5.36. The van der Waals surface area contributed by atoms with Crippen LogP contribution in [0.4, 0.5) is 5.00 Å². The molecule has 1 aromatic carbocycles. The molecule has 2 rings (SSSR count). The Labute approximate surface area is 168 Å². The van der Waals surface area contributed by atoms with E-state index >= 15 is 0 Å². The van der Waals surface area contributed by atoms with Gasteiger partial charge in [-0.15, -0.1) is 11.3 Å². The van der Waals surface area contributed by atoms with Crippen LogP contribution in [0.5, 0.6) is 5.75 Å². The predicted molar refractivity (Wildman–Crippen MR) is 110 cm³/mol. The number of nitriles is 1. The zero-order valence-corrected chi connectivity index (χ0v) is 17.3. The third kappa shape index (κ3) is 4.59. The van der Waals surface area contributed by atoms with Gasteiger partial charge < -0.3 is 14.8 Å². The van der Waals surface area contributed by atoms with Crippen LogP contribution in [0, 0.1) is 32.1 Å². The van der Waals surface area contributed by atoms with Gasteiger partial charge in [0.25, 0.3) is 5.91 Å². The third-order valence-electron chi connectivity index (χ3n) is 4.23. The van der Waals surface area contributed by atoms with E-state index in [9.17, 15) is 14.9 Å². The van der Waals surface area contributed by atoms with Crippen molar-refractivity contribution in [2.24, 2.45) is 0 Å². The van der Waals surface area contributed by atoms with Crippen molar-refractivity contribution in [3.8, 4) is 11.8 Å². The molecule has 6 nitrogen and oxygen atoms in total. The standard InChI is InChI=1S/C21H22N2O4S/c1-6-27-21(25)18-13(3)14(4)28-20(18)23-19(24)16(11-22)10-15-7-8-17(26-5)9-12(15)2/h7-10H,6H2,1-5H3,(H,23,24)/b16-10+. The van der Waals surface area contributed by atoms with Gasteiger partial charge >= 0.3 is 5.97 Å². The van der Waals surface area contributed by atoms with Gasteiger partial charge in [-0.05, 0) is 62.6 Å². The number of aryl methyl sites for hydroxylation is 2. The Morgan fingerprint density at radius 2 is 2.00 bits per heavy atom. The van der Waals surface area contributed by atoms with Crippen molar-refractivity contribution in [2.75, 3.05) is 19.0 Å². The summed E-state index contributed by atoms with van der Waals surface area (Å²) in [5.74, 6) is -0.376. The molecule has 1 amide bonds. The highest BCUT2D eigenvalue weighted by molar-refractivity contribution is 7.16. The molecule has 1 N–H and O–H groups in total. The molecule has 146 valence electrons. The first-order chi connectivity index (χ1) is 13.3. The normalized spacial score (nSPS) is 10.9. The fraction of sp³-hybridized carbons (Fsp3) is 0.286. The fourth-order valence-corrected chi connectivity index (χ4v) is 3.62. The number of anilines is 1. The van der Waals surface area contributed by atoms with Crippen LogP contribution in [-0.4, -0.2) is 25.6 Å². The van der Waals surface area contributed by atoms with Crippen molar-refractivity contribution in [1.82, 2.24) is 0 Å². The maximum atomic E-state index is 12.7. The summed E-state index contributed by atoms with van der Waals surface area (Å²) in [4.78, 5) is 25.8. The lowest BCUT2D eigenvalue weighted by Gasteiger charge is -2.08. The summed E-state index contributed by atoms with van der Waals surface area (Å²) < 4.78 is 10.3. The number of rotatable bonds is 6. The quantitative estimate of drug-likeness (QED) is 0.442. The first-order valence-corrected chi connectivity index (χ1v) is 9.48. The molecule has 7 heteroatoms. The second-order valence-electron chi connectivity index (χ2n) is 6.05. The van der Waals surface area contributed by atoms with Gasteiger partial charge in [0.2, 0.25) is 0 Å². The van der Waals surface area contributed by atoms with E-state index in [0.29, 0.717) is 16.3 Å². The molecule has 0 aliphatic carbocycles. The number of thiophene rings is 1.